The zero-order chi connectivity index (χ0) is 21.9. The fraction of sp³-hybridized carbons (Fsp3) is 0.148. The predicted molar refractivity (Wildman–Crippen MR) is 126 cm³/mol. The highest BCUT2D eigenvalue weighted by molar-refractivity contribution is 5.90. The normalized spacial score (nSPS) is 14.8. The number of amides is 2. The molecule has 1 N–H and O–H groups in total. The van der Waals surface area contributed by atoms with Crippen LogP contribution in [0.4, 0.5) is 10.5 Å². The molecule has 0 saturated heterocycles. The highest BCUT2D eigenvalue weighted by Crippen LogP contribution is 2.36. The first-order valence-electron chi connectivity index (χ1n) is 10.9. The van der Waals surface area contributed by atoms with Gasteiger partial charge in [0.25, 0.3) is 0 Å². The number of nitrogens with zero attached hydrogens (tertiary/aromatic N) is 2. The lowest BCUT2D eigenvalue weighted by molar-refractivity contribution is 0.194. The third-order valence-electron chi connectivity index (χ3n) is 5.76. The summed E-state index contributed by atoms with van der Waals surface area (Å²) in [7, 11) is 0. The minimum Gasteiger partial charge on any atom is -0.494 e. The van der Waals surface area contributed by atoms with Gasteiger partial charge in [0, 0.05) is 17.6 Å². The maximum absolute atomic E-state index is 13.6. The van der Waals surface area contributed by atoms with Crippen molar-refractivity contribution in [2.24, 2.45) is 0 Å². The van der Waals surface area contributed by atoms with E-state index < -0.39 is 0 Å². The van der Waals surface area contributed by atoms with Crippen LogP contribution in [0.2, 0.25) is 0 Å². The second kappa shape index (κ2) is 8.63. The van der Waals surface area contributed by atoms with Gasteiger partial charge in [-0.3, -0.25) is 0 Å². The molecule has 3 aromatic carbocycles. The predicted octanol–water partition coefficient (Wildman–Crippen LogP) is 6.01. The molecule has 2 amide bonds. The SMILES string of the molecule is CCOc1ccc(NC(=O)N2Cc3ccccc3-n3cccc3[C@H]2c2ccccc2)cc1. The third kappa shape index (κ3) is 3.73. The summed E-state index contributed by atoms with van der Waals surface area (Å²) in [5, 5.41) is 3.08. The summed E-state index contributed by atoms with van der Waals surface area (Å²) in [4.78, 5) is 15.5. The Labute approximate surface area is 187 Å². The van der Waals surface area contributed by atoms with Gasteiger partial charge >= 0.3 is 6.03 Å². The highest BCUT2D eigenvalue weighted by Gasteiger charge is 2.32. The summed E-state index contributed by atoms with van der Waals surface area (Å²) in [6.07, 6.45) is 2.07. The monoisotopic (exact) mass is 423 g/mol. The van der Waals surface area contributed by atoms with E-state index in [0.29, 0.717) is 13.2 Å². The van der Waals surface area contributed by atoms with Crippen molar-refractivity contribution in [3.8, 4) is 11.4 Å². The average molecular weight is 424 g/mol. The van der Waals surface area contributed by atoms with Gasteiger partial charge in [0.2, 0.25) is 0 Å². The molecule has 0 unspecified atom stereocenters. The number of fused-ring (bicyclic) bond motifs is 3. The van der Waals surface area contributed by atoms with Crippen LogP contribution in [0.15, 0.2) is 97.2 Å². The molecule has 0 aliphatic carbocycles. The lowest BCUT2D eigenvalue weighted by Crippen LogP contribution is -2.37. The summed E-state index contributed by atoms with van der Waals surface area (Å²) in [5.74, 6) is 0.786. The molecule has 1 aliphatic heterocycles. The Morgan fingerprint density at radius 1 is 0.938 bits per heavy atom. The zero-order valence-corrected chi connectivity index (χ0v) is 17.9. The van der Waals surface area contributed by atoms with Gasteiger partial charge in [-0.05, 0) is 60.5 Å². The van der Waals surface area contributed by atoms with E-state index in [2.05, 4.69) is 46.4 Å². The Balaban J connectivity index is 1.55. The molecule has 0 saturated carbocycles. The Morgan fingerprint density at radius 2 is 1.69 bits per heavy atom. The number of carbonyl (C=O) groups is 1. The number of ether oxygens (including phenoxy) is 1. The van der Waals surface area contributed by atoms with Crippen molar-refractivity contribution in [2.75, 3.05) is 11.9 Å². The molecule has 0 spiro atoms. The first kappa shape index (κ1) is 19.9. The largest absolute Gasteiger partial charge is 0.494 e. The summed E-state index contributed by atoms with van der Waals surface area (Å²) in [6, 6.07) is 29.7. The topological polar surface area (TPSA) is 46.5 Å². The van der Waals surface area contributed by atoms with Crippen LogP contribution in [-0.4, -0.2) is 22.1 Å². The molecule has 5 heteroatoms. The summed E-state index contributed by atoms with van der Waals surface area (Å²) < 4.78 is 7.71. The van der Waals surface area contributed by atoms with Crippen LogP contribution in [0.1, 0.15) is 29.8 Å². The van der Waals surface area contributed by atoms with Crippen molar-refractivity contribution < 1.29 is 9.53 Å². The number of rotatable bonds is 4. The number of aromatic nitrogens is 1. The number of urea groups is 1. The molecule has 5 rings (SSSR count). The smallest absolute Gasteiger partial charge is 0.322 e. The van der Waals surface area contributed by atoms with Crippen molar-refractivity contribution in [3.05, 3.63) is 114 Å². The van der Waals surface area contributed by atoms with Gasteiger partial charge in [-0.25, -0.2) is 4.79 Å². The van der Waals surface area contributed by atoms with Crippen LogP contribution in [0.3, 0.4) is 0 Å². The van der Waals surface area contributed by atoms with E-state index in [4.69, 9.17) is 4.74 Å². The maximum atomic E-state index is 13.6. The summed E-state index contributed by atoms with van der Waals surface area (Å²) in [5.41, 5.74) is 5.07. The number of nitrogens with one attached hydrogen (secondary N) is 1. The number of para-hydroxylation sites is 1. The van der Waals surface area contributed by atoms with E-state index in [1.807, 2.05) is 72.5 Å². The standard InChI is InChI=1S/C27H25N3O2/c1-2-32-23-16-14-22(15-17-23)28-27(31)30-19-21-11-6-7-12-24(21)29-18-8-13-25(29)26(30)20-9-4-3-5-10-20/h3-18,26H,2,19H2,1H3,(H,28,31)/t26-/m1/s1. The van der Waals surface area contributed by atoms with Gasteiger partial charge in [0.05, 0.1) is 24.9 Å². The number of carbonyl (C=O) groups excluding carboxylic acids is 1. The number of benzene rings is 3. The molecule has 1 aromatic heterocycles. The summed E-state index contributed by atoms with van der Waals surface area (Å²) >= 11 is 0. The minimum atomic E-state index is -0.221. The number of anilines is 1. The quantitative estimate of drug-likeness (QED) is 0.437. The Bertz CT molecular complexity index is 1220. The molecule has 0 fully saturated rings. The van der Waals surface area contributed by atoms with E-state index in [9.17, 15) is 4.79 Å². The van der Waals surface area contributed by atoms with Gasteiger partial charge in [-0.1, -0.05) is 48.5 Å². The van der Waals surface area contributed by atoms with Crippen LogP contribution in [-0.2, 0) is 6.54 Å². The van der Waals surface area contributed by atoms with Crippen molar-refractivity contribution in [3.63, 3.8) is 0 Å². The molecule has 0 radical (unpaired) electrons. The molecule has 160 valence electrons. The third-order valence-corrected chi connectivity index (χ3v) is 5.76. The first-order valence-corrected chi connectivity index (χ1v) is 10.9. The minimum absolute atomic E-state index is 0.146. The van der Waals surface area contributed by atoms with Gasteiger partial charge in [0.15, 0.2) is 0 Å². The van der Waals surface area contributed by atoms with E-state index in [-0.39, 0.29) is 12.1 Å². The Kier molecular flexibility index (Phi) is 5.38. The van der Waals surface area contributed by atoms with Crippen LogP contribution >= 0.6 is 0 Å². The Morgan fingerprint density at radius 3 is 2.47 bits per heavy atom. The maximum Gasteiger partial charge on any atom is 0.322 e. The van der Waals surface area contributed by atoms with E-state index in [1.54, 1.807) is 0 Å². The molecule has 1 atom stereocenters. The molecule has 0 bridgehead atoms. The molecule has 4 aromatic rings. The van der Waals surface area contributed by atoms with Crippen LogP contribution in [0.5, 0.6) is 5.75 Å². The second-order valence-electron chi connectivity index (χ2n) is 7.76. The molecular formula is C27H25N3O2. The zero-order valence-electron chi connectivity index (χ0n) is 17.9. The van der Waals surface area contributed by atoms with Gasteiger partial charge < -0.3 is 19.5 Å². The van der Waals surface area contributed by atoms with Gasteiger partial charge in [-0.15, -0.1) is 0 Å². The van der Waals surface area contributed by atoms with Crippen LogP contribution in [0.25, 0.3) is 5.69 Å². The lowest BCUT2D eigenvalue weighted by Gasteiger charge is -2.31. The van der Waals surface area contributed by atoms with Gasteiger partial charge in [0.1, 0.15) is 5.75 Å². The molecule has 1 aliphatic rings. The fourth-order valence-electron chi connectivity index (χ4n) is 4.32. The van der Waals surface area contributed by atoms with E-state index >= 15 is 0 Å². The second-order valence-corrected chi connectivity index (χ2v) is 7.76. The lowest BCUT2D eigenvalue weighted by atomic mass is 10.0. The van der Waals surface area contributed by atoms with E-state index in [0.717, 1.165) is 33.9 Å². The van der Waals surface area contributed by atoms with Crippen molar-refractivity contribution in [1.29, 1.82) is 0 Å². The molecule has 5 nitrogen and oxygen atoms in total. The molecule has 2 heterocycles. The van der Waals surface area contributed by atoms with Crippen molar-refractivity contribution >= 4 is 11.7 Å². The van der Waals surface area contributed by atoms with Crippen LogP contribution in [0, 0.1) is 0 Å². The Hall–Kier alpha value is -3.99. The first-order chi connectivity index (χ1) is 15.7. The van der Waals surface area contributed by atoms with Crippen molar-refractivity contribution in [1.82, 2.24) is 9.47 Å². The highest BCUT2D eigenvalue weighted by atomic mass is 16.5. The summed E-state index contributed by atoms with van der Waals surface area (Å²) in [6.45, 7) is 3.06. The van der Waals surface area contributed by atoms with E-state index in [1.165, 1.54) is 0 Å². The van der Waals surface area contributed by atoms with Crippen LogP contribution < -0.4 is 10.1 Å². The molecule has 32 heavy (non-hydrogen) atoms. The van der Waals surface area contributed by atoms with Crippen molar-refractivity contribution in [2.45, 2.75) is 19.5 Å². The number of hydrogen-bond acceptors (Lipinski definition) is 2. The molecular weight excluding hydrogens is 398 g/mol. The van der Waals surface area contributed by atoms with Gasteiger partial charge in [-0.2, -0.15) is 0 Å². The fourth-order valence-corrected chi connectivity index (χ4v) is 4.32. The number of hydrogen-bond donors (Lipinski definition) is 1. The average Bonchev–Trinajstić information content (AvgIpc) is 3.25.